The van der Waals surface area contributed by atoms with Crippen LogP contribution in [0.5, 0.6) is 0 Å². The molecule has 0 saturated heterocycles. The van der Waals surface area contributed by atoms with Crippen molar-refractivity contribution in [3.8, 4) is 0 Å². The summed E-state index contributed by atoms with van der Waals surface area (Å²) in [7, 11) is 0. The Kier molecular flexibility index (Phi) is 2.88. The van der Waals surface area contributed by atoms with E-state index >= 15 is 0 Å². The van der Waals surface area contributed by atoms with E-state index in [1.54, 1.807) is 6.20 Å². The molecule has 0 spiro atoms. The Morgan fingerprint density at radius 1 is 1.62 bits per heavy atom. The van der Waals surface area contributed by atoms with E-state index < -0.39 is 0 Å². The molecular formula is C10H17N3. The van der Waals surface area contributed by atoms with Crippen LogP contribution in [0.25, 0.3) is 5.57 Å². The number of nitrogens with two attached hydrogens (primary N) is 1. The van der Waals surface area contributed by atoms with Gasteiger partial charge in [-0.25, -0.2) is 4.98 Å². The molecule has 0 aliphatic carbocycles. The van der Waals surface area contributed by atoms with Gasteiger partial charge >= 0.3 is 0 Å². The largest absolute Gasteiger partial charge is 0.341 e. The van der Waals surface area contributed by atoms with E-state index in [2.05, 4.69) is 30.4 Å². The predicted molar refractivity (Wildman–Crippen MR) is 55.1 cm³/mol. The van der Waals surface area contributed by atoms with Crippen LogP contribution < -0.4 is 5.73 Å². The molecule has 3 nitrogen and oxygen atoms in total. The maximum absolute atomic E-state index is 5.93. The van der Waals surface area contributed by atoms with Gasteiger partial charge in [-0.1, -0.05) is 20.4 Å². The zero-order valence-electron chi connectivity index (χ0n) is 8.46. The molecule has 1 heterocycles. The predicted octanol–water partition coefficient (Wildman–Crippen LogP) is 2.10. The number of nitrogens with zero attached hydrogens (tertiary/aromatic N) is 1. The van der Waals surface area contributed by atoms with Crippen molar-refractivity contribution in [1.82, 2.24) is 9.97 Å². The van der Waals surface area contributed by atoms with Gasteiger partial charge in [0.2, 0.25) is 0 Å². The second-order valence-electron chi connectivity index (χ2n) is 3.73. The molecule has 0 bridgehead atoms. The summed E-state index contributed by atoms with van der Waals surface area (Å²) in [5, 5.41) is 0. The Balaban J connectivity index is 2.85. The lowest BCUT2D eigenvalue weighted by atomic mass is 10.1. The highest BCUT2D eigenvalue weighted by atomic mass is 15.0. The Morgan fingerprint density at radius 2 is 2.23 bits per heavy atom. The fourth-order valence-electron chi connectivity index (χ4n) is 1.04. The van der Waals surface area contributed by atoms with Gasteiger partial charge in [-0.2, -0.15) is 0 Å². The molecule has 72 valence electrons. The number of nitrogens with one attached hydrogen (secondary N) is 1. The highest BCUT2D eigenvalue weighted by molar-refractivity contribution is 5.56. The number of hydrogen-bond donors (Lipinski definition) is 2. The van der Waals surface area contributed by atoms with Crippen LogP contribution >= 0.6 is 0 Å². The number of hydrogen-bond acceptors (Lipinski definition) is 2. The van der Waals surface area contributed by atoms with Gasteiger partial charge in [0.05, 0.1) is 17.9 Å². The summed E-state index contributed by atoms with van der Waals surface area (Å²) >= 11 is 0. The normalized spacial score (nSPS) is 13.3. The van der Waals surface area contributed by atoms with Gasteiger partial charge in [0.25, 0.3) is 0 Å². The van der Waals surface area contributed by atoms with Gasteiger partial charge in [-0.3, -0.25) is 0 Å². The number of H-pyrrole nitrogens is 1. The zero-order valence-corrected chi connectivity index (χ0v) is 8.46. The minimum absolute atomic E-state index is 0.0203. The van der Waals surface area contributed by atoms with Gasteiger partial charge in [0.1, 0.15) is 5.82 Å². The molecular weight excluding hydrogens is 162 g/mol. The highest BCUT2D eigenvalue weighted by Gasteiger charge is 2.13. The lowest BCUT2D eigenvalue weighted by Crippen LogP contribution is -2.18. The minimum Gasteiger partial charge on any atom is -0.341 e. The number of imidazole rings is 1. The lowest BCUT2D eigenvalue weighted by molar-refractivity contribution is 0.494. The smallest absolute Gasteiger partial charge is 0.123 e. The molecule has 0 aromatic carbocycles. The van der Waals surface area contributed by atoms with E-state index in [4.69, 9.17) is 5.73 Å². The van der Waals surface area contributed by atoms with E-state index in [-0.39, 0.29) is 6.04 Å². The zero-order chi connectivity index (χ0) is 10.0. The monoisotopic (exact) mass is 179 g/mol. The molecule has 1 aromatic rings. The first-order valence-corrected chi connectivity index (χ1v) is 4.48. The fourth-order valence-corrected chi connectivity index (χ4v) is 1.04. The van der Waals surface area contributed by atoms with E-state index in [1.165, 1.54) is 0 Å². The van der Waals surface area contributed by atoms with Gasteiger partial charge in [-0.15, -0.1) is 0 Å². The Labute approximate surface area is 79.1 Å². The minimum atomic E-state index is -0.0203. The third kappa shape index (κ3) is 2.18. The first kappa shape index (κ1) is 9.99. The molecule has 13 heavy (non-hydrogen) atoms. The summed E-state index contributed by atoms with van der Waals surface area (Å²) in [6.45, 7) is 9.93. The number of aromatic nitrogens is 2. The second kappa shape index (κ2) is 3.75. The molecule has 0 aliphatic rings. The maximum Gasteiger partial charge on any atom is 0.123 e. The molecule has 3 N–H and O–H groups in total. The molecule has 0 saturated carbocycles. The van der Waals surface area contributed by atoms with E-state index in [9.17, 15) is 0 Å². The van der Waals surface area contributed by atoms with Crippen LogP contribution in [0, 0.1) is 5.92 Å². The third-order valence-corrected chi connectivity index (χ3v) is 2.09. The van der Waals surface area contributed by atoms with E-state index in [0.717, 1.165) is 17.1 Å². The van der Waals surface area contributed by atoms with E-state index in [0.29, 0.717) is 5.92 Å². The fraction of sp³-hybridized carbons (Fsp3) is 0.500. The van der Waals surface area contributed by atoms with Crippen LogP contribution in [-0.2, 0) is 0 Å². The average Bonchev–Trinajstić information content (AvgIpc) is 2.50. The molecule has 0 aliphatic heterocycles. The summed E-state index contributed by atoms with van der Waals surface area (Å²) in [6, 6.07) is -0.0203. The first-order chi connectivity index (χ1) is 6.02. The van der Waals surface area contributed by atoms with Crippen molar-refractivity contribution in [3.63, 3.8) is 0 Å². The van der Waals surface area contributed by atoms with Crippen LogP contribution in [0.1, 0.15) is 38.3 Å². The van der Waals surface area contributed by atoms with Crippen LogP contribution in [0.3, 0.4) is 0 Å². The highest BCUT2D eigenvalue weighted by Crippen LogP contribution is 2.17. The summed E-state index contributed by atoms with van der Waals surface area (Å²) in [5.41, 5.74) is 7.87. The van der Waals surface area contributed by atoms with Crippen LogP contribution in [0.4, 0.5) is 0 Å². The average molecular weight is 179 g/mol. The molecule has 0 fully saturated rings. The molecule has 3 heteroatoms. The second-order valence-corrected chi connectivity index (χ2v) is 3.73. The third-order valence-electron chi connectivity index (χ3n) is 2.09. The van der Waals surface area contributed by atoms with Gasteiger partial charge < -0.3 is 10.7 Å². The van der Waals surface area contributed by atoms with Crippen molar-refractivity contribution in [1.29, 1.82) is 0 Å². The molecule has 1 unspecified atom stereocenters. The van der Waals surface area contributed by atoms with Crippen molar-refractivity contribution < 1.29 is 0 Å². The standard InChI is InChI=1S/C10H17N3/c1-6(2)8-5-12-10(13-8)9(11)7(3)4/h5,7,9H,1,11H2,2-4H3,(H,12,13). The summed E-state index contributed by atoms with van der Waals surface area (Å²) in [4.78, 5) is 7.38. The van der Waals surface area contributed by atoms with Crippen molar-refractivity contribution >= 4 is 5.57 Å². The van der Waals surface area contributed by atoms with Gasteiger partial charge in [0, 0.05) is 0 Å². The SMILES string of the molecule is C=C(C)c1cnc(C(N)C(C)C)[nH]1. The molecule has 1 atom stereocenters. The van der Waals surface area contributed by atoms with Gasteiger partial charge in [-0.05, 0) is 18.4 Å². The topological polar surface area (TPSA) is 54.7 Å². The summed E-state index contributed by atoms with van der Waals surface area (Å²) in [5.74, 6) is 1.23. The van der Waals surface area contributed by atoms with Crippen molar-refractivity contribution in [3.05, 3.63) is 24.3 Å². The van der Waals surface area contributed by atoms with Crippen LogP contribution in [0.15, 0.2) is 12.8 Å². The number of aromatic amines is 1. The van der Waals surface area contributed by atoms with Crippen LogP contribution in [0.2, 0.25) is 0 Å². The van der Waals surface area contributed by atoms with Crippen molar-refractivity contribution in [2.24, 2.45) is 11.7 Å². The molecule has 1 aromatic heterocycles. The van der Waals surface area contributed by atoms with Gasteiger partial charge in [0.15, 0.2) is 0 Å². The molecule has 0 radical (unpaired) electrons. The number of rotatable bonds is 3. The quantitative estimate of drug-likeness (QED) is 0.746. The lowest BCUT2D eigenvalue weighted by Gasteiger charge is -2.11. The Bertz CT molecular complexity index is 299. The maximum atomic E-state index is 5.93. The summed E-state index contributed by atoms with van der Waals surface area (Å²) in [6.07, 6.45) is 1.78. The Hall–Kier alpha value is -1.09. The van der Waals surface area contributed by atoms with Crippen molar-refractivity contribution in [2.45, 2.75) is 26.8 Å². The summed E-state index contributed by atoms with van der Waals surface area (Å²) < 4.78 is 0. The Morgan fingerprint density at radius 3 is 2.62 bits per heavy atom. The number of allylic oxidation sites excluding steroid dienone is 1. The first-order valence-electron chi connectivity index (χ1n) is 4.48. The van der Waals surface area contributed by atoms with Crippen molar-refractivity contribution in [2.75, 3.05) is 0 Å². The van der Waals surface area contributed by atoms with Crippen LogP contribution in [-0.4, -0.2) is 9.97 Å². The molecule has 0 amide bonds. The van der Waals surface area contributed by atoms with E-state index in [1.807, 2.05) is 6.92 Å². The molecule has 1 rings (SSSR count).